The summed E-state index contributed by atoms with van der Waals surface area (Å²) in [6.07, 6.45) is 1.95. The van der Waals surface area contributed by atoms with Crippen LogP contribution >= 0.6 is 0 Å². The zero-order valence-electron chi connectivity index (χ0n) is 16.6. The van der Waals surface area contributed by atoms with Crippen molar-refractivity contribution >= 4 is 22.6 Å². The summed E-state index contributed by atoms with van der Waals surface area (Å²) in [4.78, 5) is 20.0. The zero-order valence-corrected chi connectivity index (χ0v) is 16.6. The molecule has 1 aliphatic rings. The highest BCUT2D eigenvalue weighted by atomic mass is 19.1. The molecule has 6 nitrogen and oxygen atoms in total. The van der Waals surface area contributed by atoms with Gasteiger partial charge in [0.15, 0.2) is 11.6 Å². The first-order valence-corrected chi connectivity index (χ1v) is 9.77. The monoisotopic (exact) mass is 396 g/mol. The maximum atomic E-state index is 13.9. The van der Waals surface area contributed by atoms with Gasteiger partial charge in [0.1, 0.15) is 0 Å². The Kier molecular flexibility index (Phi) is 5.29. The number of hydrogen-bond acceptors (Lipinski definition) is 3. The average molecular weight is 396 g/mol. The van der Waals surface area contributed by atoms with Crippen molar-refractivity contribution in [1.29, 1.82) is 0 Å². The van der Waals surface area contributed by atoms with E-state index in [2.05, 4.69) is 33.4 Å². The molecule has 7 heteroatoms. The second kappa shape index (κ2) is 8.03. The first kappa shape index (κ1) is 19.1. The van der Waals surface area contributed by atoms with Crippen LogP contribution in [-0.4, -0.2) is 49.2 Å². The number of fused-ring (bicyclic) bond motifs is 1. The Balaban J connectivity index is 1.36. The van der Waals surface area contributed by atoms with Crippen LogP contribution in [0, 0.1) is 5.82 Å². The van der Waals surface area contributed by atoms with Gasteiger partial charge in [-0.3, -0.25) is 0 Å². The van der Waals surface area contributed by atoms with E-state index in [4.69, 9.17) is 4.74 Å². The quantitative estimate of drug-likeness (QED) is 0.703. The second-order valence-corrected chi connectivity index (χ2v) is 7.26. The number of nitrogens with one attached hydrogen (secondary N) is 2. The molecule has 1 fully saturated rings. The number of rotatable bonds is 4. The smallest absolute Gasteiger partial charge is 0.317 e. The predicted octanol–water partition coefficient (Wildman–Crippen LogP) is 3.91. The minimum absolute atomic E-state index is 0.131. The molecule has 1 atom stereocenters. The van der Waals surface area contributed by atoms with Crippen LogP contribution in [0.3, 0.4) is 0 Å². The van der Waals surface area contributed by atoms with Crippen LogP contribution in [-0.2, 0) is 0 Å². The lowest BCUT2D eigenvalue weighted by Gasteiger charge is -2.37. The summed E-state index contributed by atoms with van der Waals surface area (Å²) in [5, 5.41) is 4.16. The third-order valence-corrected chi connectivity index (χ3v) is 5.50. The SMILES string of the molecule is COc1ccc(C(C)NC(=O)N2CCN(c3cccc4[nH]ccc34)CC2)cc1F. The highest BCUT2D eigenvalue weighted by Gasteiger charge is 2.23. The summed E-state index contributed by atoms with van der Waals surface area (Å²) >= 11 is 0. The number of carbonyl (C=O) groups is 1. The molecule has 1 saturated heterocycles. The minimum atomic E-state index is -0.432. The largest absolute Gasteiger partial charge is 0.494 e. The number of aromatic nitrogens is 1. The van der Waals surface area contributed by atoms with Crippen molar-refractivity contribution in [2.24, 2.45) is 0 Å². The summed E-state index contributed by atoms with van der Waals surface area (Å²) in [5.41, 5.74) is 3.00. The molecule has 2 N–H and O–H groups in total. The van der Waals surface area contributed by atoms with Gasteiger partial charge < -0.3 is 24.8 Å². The average Bonchev–Trinajstić information content (AvgIpc) is 3.22. The number of piperazine rings is 1. The van der Waals surface area contributed by atoms with Crippen LogP contribution < -0.4 is 15.0 Å². The maximum absolute atomic E-state index is 13.9. The van der Waals surface area contributed by atoms with Gasteiger partial charge in [-0.1, -0.05) is 12.1 Å². The summed E-state index contributed by atoms with van der Waals surface area (Å²) in [7, 11) is 1.43. The topological polar surface area (TPSA) is 60.6 Å². The number of H-pyrrole nitrogens is 1. The highest BCUT2D eigenvalue weighted by molar-refractivity contribution is 5.92. The van der Waals surface area contributed by atoms with Crippen molar-refractivity contribution in [3.63, 3.8) is 0 Å². The molecule has 0 aliphatic carbocycles. The molecule has 4 rings (SSSR count). The summed E-state index contributed by atoms with van der Waals surface area (Å²) in [5.74, 6) is -0.237. The number of amides is 2. The standard InChI is InChI=1S/C22H25FN4O2/c1-15(16-6-7-21(29-2)18(23)14-16)25-22(28)27-12-10-26(11-13-27)20-5-3-4-19-17(20)8-9-24-19/h3-9,14-15,24H,10-13H2,1-2H3,(H,25,28). The van der Waals surface area contributed by atoms with E-state index >= 15 is 0 Å². The van der Waals surface area contributed by atoms with Crippen molar-refractivity contribution in [3.05, 3.63) is 60.0 Å². The Hall–Kier alpha value is -3.22. The molecule has 1 unspecified atom stereocenters. The van der Waals surface area contributed by atoms with Gasteiger partial charge in [0.05, 0.1) is 13.2 Å². The van der Waals surface area contributed by atoms with Crippen molar-refractivity contribution in [1.82, 2.24) is 15.2 Å². The third kappa shape index (κ3) is 3.85. The van der Waals surface area contributed by atoms with Crippen LogP contribution in [0.5, 0.6) is 5.75 Å². The molecule has 152 valence electrons. The maximum Gasteiger partial charge on any atom is 0.317 e. The van der Waals surface area contributed by atoms with E-state index in [-0.39, 0.29) is 17.8 Å². The molecule has 1 aromatic heterocycles. The molecular formula is C22H25FN4O2. The number of ether oxygens (including phenoxy) is 1. The molecule has 0 spiro atoms. The third-order valence-electron chi connectivity index (χ3n) is 5.50. The number of benzene rings is 2. The Morgan fingerprint density at radius 3 is 2.69 bits per heavy atom. The van der Waals surface area contributed by atoms with E-state index in [0.717, 1.165) is 18.6 Å². The van der Waals surface area contributed by atoms with E-state index in [9.17, 15) is 9.18 Å². The van der Waals surface area contributed by atoms with Gasteiger partial charge in [0.2, 0.25) is 0 Å². The van der Waals surface area contributed by atoms with Gasteiger partial charge in [-0.05, 0) is 42.8 Å². The Morgan fingerprint density at radius 2 is 1.97 bits per heavy atom. The van der Waals surface area contributed by atoms with Crippen LogP contribution in [0.25, 0.3) is 10.9 Å². The number of halogens is 1. The molecule has 3 aromatic rings. The van der Waals surface area contributed by atoms with Crippen molar-refractivity contribution < 1.29 is 13.9 Å². The Morgan fingerprint density at radius 1 is 1.17 bits per heavy atom. The van der Waals surface area contributed by atoms with E-state index in [1.54, 1.807) is 12.1 Å². The molecule has 2 heterocycles. The second-order valence-electron chi connectivity index (χ2n) is 7.26. The fourth-order valence-corrected chi connectivity index (χ4v) is 3.81. The number of hydrogen-bond donors (Lipinski definition) is 2. The van der Waals surface area contributed by atoms with Crippen LogP contribution in [0.15, 0.2) is 48.7 Å². The first-order chi connectivity index (χ1) is 14.1. The van der Waals surface area contributed by atoms with Crippen LogP contribution in [0.2, 0.25) is 0 Å². The Labute approximate surface area is 169 Å². The lowest BCUT2D eigenvalue weighted by Crippen LogP contribution is -2.52. The van der Waals surface area contributed by atoms with Gasteiger partial charge in [0.25, 0.3) is 0 Å². The van der Waals surface area contributed by atoms with Gasteiger partial charge >= 0.3 is 6.03 Å². The molecular weight excluding hydrogens is 371 g/mol. The van der Waals surface area contributed by atoms with Gasteiger partial charge in [-0.25, -0.2) is 9.18 Å². The molecule has 2 amide bonds. The number of methoxy groups -OCH3 is 1. The lowest BCUT2D eigenvalue weighted by molar-refractivity contribution is 0.191. The molecule has 0 radical (unpaired) electrons. The number of urea groups is 1. The van der Waals surface area contributed by atoms with Crippen molar-refractivity contribution in [3.8, 4) is 5.75 Å². The number of anilines is 1. The van der Waals surface area contributed by atoms with Gasteiger partial charge in [-0.15, -0.1) is 0 Å². The van der Waals surface area contributed by atoms with E-state index in [0.29, 0.717) is 18.7 Å². The summed E-state index contributed by atoms with van der Waals surface area (Å²) in [6, 6.07) is 12.6. The fourth-order valence-electron chi connectivity index (χ4n) is 3.81. The molecule has 2 aromatic carbocycles. The van der Waals surface area contributed by atoms with Gasteiger partial charge in [-0.2, -0.15) is 0 Å². The van der Waals surface area contributed by atoms with Gasteiger partial charge in [0, 0.05) is 49.0 Å². The zero-order chi connectivity index (χ0) is 20.4. The molecule has 0 saturated carbocycles. The predicted molar refractivity (Wildman–Crippen MR) is 112 cm³/mol. The van der Waals surface area contributed by atoms with Crippen LogP contribution in [0.4, 0.5) is 14.9 Å². The van der Waals surface area contributed by atoms with E-state index < -0.39 is 5.82 Å². The molecule has 1 aliphatic heterocycles. The fraction of sp³-hybridized carbons (Fsp3) is 0.318. The lowest BCUT2D eigenvalue weighted by atomic mass is 10.1. The van der Waals surface area contributed by atoms with Crippen LogP contribution in [0.1, 0.15) is 18.5 Å². The van der Waals surface area contributed by atoms with E-state index in [1.807, 2.05) is 24.1 Å². The van der Waals surface area contributed by atoms with E-state index in [1.165, 1.54) is 24.2 Å². The summed E-state index contributed by atoms with van der Waals surface area (Å²) in [6.45, 7) is 4.65. The minimum Gasteiger partial charge on any atom is -0.494 e. The number of carbonyl (C=O) groups excluding carboxylic acids is 1. The molecule has 29 heavy (non-hydrogen) atoms. The number of aromatic amines is 1. The van der Waals surface area contributed by atoms with Crippen molar-refractivity contribution in [2.75, 3.05) is 38.2 Å². The first-order valence-electron chi connectivity index (χ1n) is 9.77. The molecule has 0 bridgehead atoms. The Bertz CT molecular complexity index is 1010. The normalized spacial score (nSPS) is 15.4. The summed E-state index contributed by atoms with van der Waals surface area (Å²) < 4.78 is 18.9. The number of nitrogens with zero attached hydrogens (tertiary/aromatic N) is 2. The highest BCUT2D eigenvalue weighted by Crippen LogP contribution is 2.27. The van der Waals surface area contributed by atoms with Crippen molar-refractivity contribution in [2.45, 2.75) is 13.0 Å².